The zero-order chi connectivity index (χ0) is 25.4. The Labute approximate surface area is 228 Å². The number of nitrogens with one attached hydrogen (secondary N) is 3. The van der Waals surface area contributed by atoms with Crippen LogP contribution >= 0.6 is 22.6 Å². The highest BCUT2D eigenvalue weighted by molar-refractivity contribution is 14.1. The number of aliphatic imine (C=N–C) groups is 1. The lowest BCUT2D eigenvalue weighted by molar-refractivity contribution is 0.0303. The maximum atomic E-state index is 12.8. The molecule has 4 heterocycles. The number of anilines is 3. The second kappa shape index (κ2) is 10.1. The van der Waals surface area contributed by atoms with Crippen LogP contribution in [0.25, 0.3) is 5.70 Å². The van der Waals surface area contributed by atoms with Crippen LogP contribution in [0, 0.1) is 0 Å². The Morgan fingerprint density at radius 3 is 2.68 bits per heavy atom. The summed E-state index contributed by atoms with van der Waals surface area (Å²) in [5.74, 6) is 0.760. The number of carbonyl (C=O) groups excluding carboxylic acids is 2. The monoisotopic (exact) mass is 611 g/mol. The van der Waals surface area contributed by atoms with Gasteiger partial charge in [-0.2, -0.15) is 0 Å². The largest absolute Gasteiger partial charge is 0.382 e. The molecular formula is C26H26IN7O3. The minimum Gasteiger partial charge on any atom is -0.382 e. The molecule has 4 aliphatic rings. The zero-order valence-corrected chi connectivity index (χ0v) is 22.1. The number of amidine groups is 1. The summed E-state index contributed by atoms with van der Waals surface area (Å²) in [5, 5.41) is 10.1. The molecule has 0 aliphatic carbocycles. The highest BCUT2D eigenvalue weighted by Gasteiger charge is 2.29. The molecule has 0 spiro atoms. The Morgan fingerprint density at radius 2 is 1.89 bits per heavy atom. The SMILES string of the molecule is O=C(c1ccc(NC2=NC(c3ccc4c(c3)NCCN4C(=O)I)=CN3C=CNC23)cc1)N1CCOCC1. The van der Waals surface area contributed by atoms with E-state index in [4.69, 9.17) is 9.73 Å². The molecule has 0 radical (unpaired) electrons. The van der Waals surface area contributed by atoms with Gasteiger partial charge in [-0.1, -0.05) is 6.07 Å². The quantitative estimate of drug-likeness (QED) is 0.278. The summed E-state index contributed by atoms with van der Waals surface area (Å²) in [6.45, 7) is 3.73. The molecule has 4 aliphatic heterocycles. The molecule has 2 aromatic rings. The Bertz CT molecular complexity index is 1320. The van der Waals surface area contributed by atoms with Crippen molar-refractivity contribution in [3.63, 3.8) is 0 Å². The summed E-state index contributed by atoms with van der Waals surface area (Å²) in [4.78, 5) is 35.4. The van der Waals surface area contributed by atoms with Crippen molar-refractivity contribution in [2.45, 2.75) is 6.17 Å². The van der Waals surface area contributed by atoms with Crippen molar-refractivity contribution in [1.29, 1.82) is 0 Å². The third kappa shape index (κ3) is 4.76. The predicted octanol–water partition coefficient (Wildman–Crippen LogP) is 3.47. The molecule has 3 N–H and O–H groups in total. The Morgan fingerprint density at radius 1 is 1.08 bits per heavy atom. The van der Waals surface area contributed by atoms with E-state index in [0.29, 0.717) is 45.0 Å². The minimum atomic E-state index is -0.152. The van der Waals surface area contributed by atoms with Crippen molar-refractivity contribution in [2.24, 2.45) is 4.99 Å². The van der Waals surface area contributed by atoms with Gasteiger partial charge < -0.3 is 35.4 Å². The minimum absolute atomic E-state index is 0.00303. The smallest absolute Gasteiger partial charge is 0.287 e. The molecule has 1 atom stereocenters. The van der Waals surface area contributed by atoms with E-state index in [1.807, 2.05) is 88.6 Å². The van der Waals surface area contributed by atoms with E-state index in [2.05, 4.69) is 20.9 Å². The van der Waals surface area contributed by atoms with Gasteiger partial charge in [-0.05, 0) is 36.4 Å². The number of hydrogen-bond donors (Lipinski definition) is 3. The molecule has 1 unspecified atom stereocenters. The number of benzene rings is 2. The average Bonchev–Trinajstić information content (AvgIpc) is 3.42. The number of morpholine rings is 1. The molecule has 0 saturated carbocycles. The van der Waals surface area contributed by atoms with E-state index in [1.54, 1.807) is 4.90 Å². The lowest BCUT2D eigenvalue weighted by Gasteiger charge is -2.31. The second-order valence-electron chi connectivity index (χ2n) is 9.01. The van der Waals surface area contributed by atoms with Gasteiger partial charge in [-0.3, -0.25) is 9.59 Å². The van der Waals surface area contributed by atoms with Crippen LogP contribution in [0.4, 0.5) is 21.9 Å². The standard InChI is InChI=1S/C26H26IN7O3/c27-26(36)34-10-8-28-20-15-18(3-6-22(20)34)21-16-33-9-7-29-24(33)23(31-21)30-19-4-1-17(2-5-19)25(35)32-11-13-37-14-12-32/h1-7,9,15-16,24,28-29H,8,10-14H2,(H,30,31). The first-order valence-electron chi connectivity index (χ1n) is 12.2. The molecule has 0 aromatic heterocycles. The molecule has 11 heteroatoms. The third-order valence-corrected chi connectivity index (χ3v) is 7.30. The fraction of sp³-hybridized carbons (Fsp3) is 0.269. The fourth-order valence-electron chi connectivity index (χ4n) is 4.80. The summed E-state index contributed by atoms with van der Waals surface area (Å²) < 4.78 is 5.35. The van der Waals surface area contributed by atoms with Crippen LogP contribution in [0.2, 0.25) is 0 Å². The van der Waals surface area contributed by atoms with E-state index in [-0.39, 0.29) is 16.0 Å². The van der Waals surface area contributed by atoms with Crippen molar-refractivity contribution < 1.29 is 14.3 Å². The fourth-order valence-corrected chi connectivity index (χ4v) is 5.30. The molecule has 37 heavy (non-hydrogen) atoms. The number of hydrogen-bond acceptors (Lipinski definition) is 8. The van der Waals surface area contributed by atoms with Gasteiger partial charge >= 0.3 is 0 Å². The maximum absolute atomic E-state index is 12.8. The second-order valence-corrected chi connectivity index (χ2v) is 9.94. The summed E-state index contributed by atoms with van der Waals surface area (Å²) in [6, 6.07) is 13.5. The van der Waals surface area contributed by atoms with E-state index < -0.39 is 0 Å². The number of rotatable bonds is 3. The number of ether oxygens (including phenoxy) is 1. The van der Waals surface area contributed by atoms with Crippen LogP contribution in [0.3, 0.4) is 0 Å². The van der Waals surface area contributed by atoms with Crippen molar-refractivity contribution in [3.05, 3.63) is 72.2 Å². The predicted molar refractivity (Wildman–Crippen MR) is 152 cm³/mol. The molecule has 0 bridgehead atoms. The van der Waals surface area contributed by atoms with E-state index >= 15 is 0 Å². The van der Waals surface area contributed by atoms with Gasteiger partial charge in [-0.25, -0.2) is 4.99 Å². The highest BCUT2D eigenvalue weighted by atomic mass is 127. The number of nitrogens with zero attached hydrogens (tertiary/aromatic N) is 4. The van der Waals surface area contributed by atoms with Gasteiger partial charge in [0.05, 0.1) is 30.3 Å². The highest BCUT2D eigenvalue weighted by Crippen LogP contribution is 2.35. The molecule has 2 amide bonds. The Hall–Kier alpha value is -3.58. The van der Waals surface area contributed by atoms with E-state index in [1.165, 1.54) is 0 Å². The van der Waals surface area contributed by atoms with Gasteiger partial charge in [0, 0.05) is 84.2 Å². The van der Waals surface area contributed by atoms with E-state index in [0.717, 1.165) is 34.2 Å². The van der Waals surface area contributed by atoms with Crippen molar-refractivity contribution in [1.82, 2.24) is 15.1 Å². The van der Waals surface area contributed by atoms with Crippen molar-refractivity contribution >= 4 is 61.0 Å². The maximum Gasteiger partial charge on any atom is 0.287 e. The third-order valence-electron chi connectivity index (χ3n) is 6.72. The number of amides is 2. The van der Waals surface area contributed by atoms with Crippen LogP contribution in [0.15, 0.2) is 66.1 Å². The number of fused-ring (bicyclic) bond motifs is 2. The summed E-state index contributed by atoms with van der Waals surface area (Å²) >= 11 is 1.83. The van der Waals surface area contributed by atoms with Gasteiger partial charge in [0.2, 0.25) is 0 Å². The van der Waals surface area contributed by atoms with Gasteiger partial charge in [-0.15, -0.1) is 0 Å². The molecule has 1 saturated heterocycles. The molecule has 2 aromatic carbocycles. The number of carbonyl (C=O) groups is 2. The first-order valence-corrected chi connectivity index (χ1v) is 13.2. The van der Waals surface area contributed by atoms with Crippen LogP contribution in [-0.4, -0.2) is 71.0 Å². The van der Waals surface area contributed by atoms with E-state index in [9.17, 15) is 9.59 Å². The zero-order valence-electron chi connectivity index (χ0n) is 20.0. The first-order chi connectivity index (χ1) is 18.1. The Balaban J connectivity index is 1.23. The van der Waals surface area contributed by atoms with Crippen LogP contribution < -0.4 is 20.9 Å². The molecule has 10 nitrogen and oxygen atoms in total. The van der Waals surface area contributed by atoms with Crippen LogP contribution in [-0.2, 0) is 4.74 Å². The average molecular weight is 611 g/mol. The first kappa shape index (κ1) is 23.8. The van der Waals surface area contributed by atoms with Gasteiger partial charge in [0.25, 0.3) is 9.82 Å². The lowest BCUT2D eigenvalue weighted by atomic mass is 10.1. The normalized spacial score (nSPS) is 20.2. The lowest BCUT2D eigenvalue weighted by Crippen LogP contribution is -2.45. The summed E-state index contributed by atoms with van der Waals surface area (Å²) in [6.07, 6.45) is 5.71. The number of halogens is 1. The van der Waals surface area contributed by atoms with Crippen molar-refractivity contribution in [2.75, 3.05) is 54.9 Å². The summed E-state index contributed by atoms with van der Waals surface area (Å²) in [5.41, 5.74) is 5.03. The van der Waals surface area contributed by atoms with Crippen LogP contribution in [0.5, 0.6) is 0 Å². The molecular weight excluding hydrogens is 585 g/mol. The molecule has 1 fully saturated rings. The topological polar surface area (TPSA) is 102 Å². The van der Waals surface area contributed by atoms with Gasteiger partial charge in [0.15, 0.2) is 12.0 Å². The summed E-state index contributed by atoms with van der Waals surface area (Å²) in [7, 11) is 0. The Kier molecular flexibility index (Phi) is 6.47. The van der Waals surface area contributed by atoms with Crippen molar-refractivity contribution in [3.8, 4) is 0 Å². The molecule has 190 valence electrons. The van der Waals surface area contributed by atoms with Crippen LogP contribution in [0.1, 0.15) is 15.9 Å². The molecule has 6 rings (SSSR count). The van der Waals surface area contributed by atoms with Gasteiger partial charge in [0.1, 0.15) is 0 Å².